The minimum atomic E-state index is -0.420. The first-order valence-electron chi connectivity index (χ1n) is 13.1. The number of ether oxygens (including phenoxy) is 2. The van der Waals surface area contributed by atoms with Gasteiger partial charge >= 0.3 is 0 Å². The molecule has 2 N–H and O–H groups in total. The van der Waals surface area contributed by atoms with Crippen LogP contribution in [-0.2, 0) is 9.47 Å². The minimum Gasteiger partial charge on any atom is -0.393 e. The molecule has 1 unspecified atom stereocenters. The molecule has 6 rings (SSSR count). The van der Waals surface area contributed by atoms with Gasteiger partial charge in [-0.25, -0.2) is 0 Å². The van der Waals surface area contributed by atoms with Gasteiger partial charge in [-0.2, -0.15) is 0 Å². The molecule has 2 saturated heterocycles. The summed E-state index contributed by atoms with van der Waals surface area (Å²) in [5.41, 5.74) is 1.48. The molecular formula is C27H42O4. The van der Waals surface area contributed by atoms with E-state index in [1.165, 1.54) is 24.8 Å². The fourth-order valence-electron chi connectivity index (χ4n) is 9.72. The fraction of sp³-hybridized carbons (Fsp3) is 0.926. The van der Waals surface area contributed by atoms with Crippen LogP contribution >= 0.6 is 0 Å². The summed E-state index contributed by atoms with van der Waals surface area (Å²) in [5, 5.41) is 21.4. The van der Waals surface area contributed by atoms with Gasteiger partial charge in [0.25, 0.3) is 0 Å². The summed E-state index contributed by atoms with van der Waals surface area (Å²) in [6.45, 7) is 10.4. The number of aliphatic hydroxyl groups is 2. The van der Waals surface area contributed by atoms with Gasteiger partial charge in [0.05, 0.1) is 24.9 Å². The number of hydrogen-bond acceptors (Lipinski definition) is 4. The molecule has 0 radical (unpaired) electrons. The summed E-state index contributed by atoms with van der Waals surface area (Å²) in [5.74, 6) is 3.17. The lowest BCUT2D eigenvalue weighted by Crippen LogP contribution is -2.56. The number of allylic oxidation sites excluding steroid dienone is 1. The highest BCUT2D eigenvalue weighted by atomic mass is 16.7. The van der Waals surface area contributed by atoms with Crippen molar-refractivity contribution in [2.75, 3.05) is 6.61 Å². The zero-order valence-corrected chi connectivity index (χ0v) is 19.8. The molecule has 2 heterocycles. The summed E-state index contributed by atoms with van der Waals surface area (Å²) in [4.78, 5) is 0. The Hall–Kier alpha value is -0.420. The highest BCUT2D eigenvalue weighted by Crippen LogP contribution is 2.70. The molecule has 5 fully saturated rings. The molecule has 6 aliphatic rings. The molecule has 4 aliphatic carbocycles. The van der Waals surface area contributed by atoms with Crippen LogP contribution in [0.25, 0.3) is 0 Å². The van der Waals surface area contributed by atoms with Crippen molar-refractivity contribution in [3.05, 3.63) is 11.6 Å². The van der Waals surface area contributed by atoms with Crippen molar-refractivity contribution >= 4 is 0 Å². The number of fused-ring (bicyclic) bond motifs is 7. The lowest BCUT2D eigenvalue weighted by molar-refractivity contribution is -0.272. The lowest BCUT2D eigenvalue weighted by Gasteiger charge is -2.59. The van der Waals surface area contributed by atoms with Crippen LogP contribution in [-0.4, -0.2) is 40.9 Å². The molecule has 174 valence electrons. The molecule has 0 aromatic rings. The van der Waals surface area contributed by atoms with Crippen LogP contribution in [0.2, 0.25) is 0 Å². The van der Waals surface area contributed by atoms with E-state index >= 15 is 0 Å². The Morgan fingerprint density at radius 1 is 1.03 bits per heavy atom. The summed E-state index contributed by atoms with van der Waals surface area (Å²) < 4.78 is 13.3. The third-order valence-corrected chi connectivity index (χ3v) is 11.4. The third-order valence-electron chi connectivity index (χ3n) is 11.4. The predicted octanol–water partition coefficient (Wildman–Crippen LogP) is 4.68. The molecular weight excluding hydrogens is 388 g/mol. The first-order chi connectivity index (χ1) is 14.7. The van der Waals surface area contributed by atoms with E-state index in [-0.39, 0.29) is 17.3 Å². The number of aliphatic hydroxyl groups excluding tert-OH is 2. The largest absolute Gasteiger partial charge is 0.393 e. The average molecular weight is 431 g/mol. The lowest BCUT2D eigenvalue weighted by atomic mass is 9.46. The molecule has 4 heteroatoms. The highest BCUT2D eigenvalue weighted by Gasteiger charge is 2.69. The normalized spacial score (nSPS) is 60.7. The standard InChI is InChI=1S/C27H42O4/c1-15-7-10-27(30-14-15)16(2)24-22(31-27)13-21-19-6-5-17-11-18(28)12-23(29)26(17,4)20(19)8-9-25(21,24)3/h5,15-16,18-24,28-29H,6-14H2,1-4H3/t15?,16-,18+,19+,20-,21-,22-,23+,24-,25-,26-,27+/m0/s1. The first-order valence-corrected chi connectivity index (χ1v) is 13.1. The Labute approximate surface area is 187 Å². The Morgan fingerprint density at radius 2 is 1.84 bits per heavy atom. The summed E-state index contributed by atoms with van der Waals surface area (Å²) in [7, 11) is 0. The van der Waals surface area contributed by atoms with E-state index in [9.17, 15) is 10.2 Å². The quantitative estimate of drug-likeness (QED) is 0.548. The van der Waals surface area contributed by atoms with E-state index in [4.69, 9.17) is 9.47 Å². The zero-order valence-electron chi connectivity index (χ0n) is 19.8. The smallest absolute Gasteiger partial charge is 0.171 e. The van der Waals surface area contributed by atoms with Crippen LogP contribution < -0.4 is 0 Å². The summed E-state index contributed by atoms with van der Waals surface area (Å²) in [6.07, 6.45) is 10.2. The van der Waals surface area contributed by atoms with Crippen LogP contribution in [0.1, 0.15) is 79.1 Å². The van der Waals surface area contributed by atoms with E-state index in [1.54, 1.807) is 0 Å². The molecule has 0 aromatic carbocycles. The average Bonchev–Trinajstić information content (AvgIpc) is 3.16. The van der Waals surface area contributed by atoms with E-state index < -0.39 is 6.10 Å². The Kier molecular flexibility index (Phi) is 4.64. The van der Waals surface area contributed by atoms with Crippen molar-refractivity contribution in [2.24, 2.45) is 46.3 Å². The Bertz CT molecular complexity index is 769. The monoisotopic (exact) mass is 430 g/mol. The molecule has 31 heavy (non-hydrogen) atoms. The van der Waals surface area contributed by atoms with Gasteiger partial charge in [-0.15, -0.1) is 0 Å². The van der Waals surface area contributed by atoms with Crippen molar-refractivity contribution in [3.8, 4) is 0 Å². The maximum absolute atomic E-state index is 11.1. The molecule has 0 amide bonds. The summed E-state index contributed by atoms with van der Waals surface area (Å²) >= 11 is 0. The third kappa shape index (κ3) is 2.68. The number of rotatable bonds is 0. The van der Waals surface area contributed by atoms with Crippen LogP contribution in [0.3, 0.4) is 0 Å². The molecule has 2 aliphatic heterocycles. The summed E-state index contributed by atoms with van der Waals surface area (Å²) in [6, 6.07) is 0. The maximum Gasteiger partial charge on any atom is 0.171 e. The van der Waals surface area contributed by atoms with E-state index in [0.29, 0.717) is 53.4 Å². The van der Waals surface area contributed by atoms with E-state index in [1.807, 2.05) is 0 Å². The van der Waals surface area contributed by atoms with Gasteiger partial charge in [-0.05, 0) is 73.5 Å². The molecule has 1 spiro atoms. The van der Waals surface area contributed by atoms with Crippen LogP contribution in [0.4, 0.5) is 0 Å². The fourth-order valence-corrected chi connectivity index (χ4v) is 9.72. The second-order valence-corrected chi connectivity index (χ2v) is 12.8. The topological polar surface area (TPSA) is 58.9 Å². The molecule has 3 saturated carbocycles. The number of hydrogen-bond donors (Lipinski definition) is 2. The van der Waals surface area contributed by atoms with Gasteiger partial charge in [0.2, 0.25) is 0 Å². The van der Waals surface area contributed by atoms with Crippen molar-refractivity contribution in [1.82, 2.24) is 0 Å². The van der Waals surface area contributed by atoms with Crippen LogP contribution in [0, 0.1) is 46.3 Å². The van der Waals surface area contributed by atoms with Crippen LogP contribution in [0.15, 0.2) is 11.6 Å². The van der Waals surface area contributed by atoms with Gasteiger partial charge in [0, 0.05) is 24.2 Å². The van der Waals surface area contributed by atoms with E-state index in [2.05, 4.69) is 33.8 Å². The molecule has 4 nitrogen and oxygen atoms in total. The van der Waals surface area contributed by atoms with Crippen molar-refractivity contribution in [1.29, 1.82) is 0 Å². The molecule has 0 aromatic heterocycles. The minimum absolute atomic E-state index is 0.155. The van der Waals surface area contributed by atoms with Crippen molar-refractivity contribution in [3.63, 3.8) is 0 Å². The van der Waals surface area contributed by atoms with Gasteiger partial charge in [-0.1, -0.05) is 39.3 Å². The first kappa shape index (κ1) is 21.1. The zero-order chi connectivity index (χ0) is 21.8. The SMILES string of the molecule is CC1CC[C@@]2(OC1)O[C@H]1C[C@H]3[C@@H]4CC=C5C[C@@H](O)C[C@@H](O)[C@]5(C)[C@H]4CC[C@]3(C)[C@H]1[C@@H]2C. The Balaban J connectivity index is 1.29. The highest BCUT2D eigenvalue weighted by molar-refractivity contribution is 5.28. The van der Waals surface area contributed by atoms with Gasteiger partial charge in [0.1, 0.15) is 0 Å². The van der Waals surface area contributed by atoms with Gasteiger partial charge < -0.3 is 19.7 Å². The second-order valence-electron chi connectivity index (χ2n) is 12.8. The van der Waals surface area contributed by atoms with Crippen LogP contribution in [0.5, 0.6) is 0 Å². The van der Waals surface area contributed by atoms with Crippen molar-refractivity contribution < 1.29 is 19.7 Å². The van der Waals surface area contributed by atoms with Gasteiger partial charge in [-0.3, -0.25) is 0 Å². The maximum atomic E-state index is 11.1. The molecule has 12 atom stereocenters. The predicted molar refractivity (Wildman–Crippen MR) is 119 cm³/mol. The second kappa shape index (κ2) is 6.81. The molecule has 0 bridgehead atoms. The Morgan fingerprint density at radius 3 is 2.58 bits per heavy atom. The van der Waals surface area contributed by atoms with E-state index in [0.717, 1.165) is 32.3 Å². The van der Waals surface area contributed by atoms with Gasteiger partial charge in [0.15, 0.2) is 5.79 Å². The van der Waals surface area contributed by atoms with Crippen molar-refractivity contribution in [2.45, 2.75) is 103 Å².